The van der Waals surface area contributed by atoms with E-state index in [1.807, 2.05) is 30.7 Å². The van der Waals surface area contributed by atoms with Crippen LogP contribution >= 0.6 is 0 Å². The van der Waals surface area contributed by atoms with Crippen LogP contribution in [0.25, 0.3) is 11.0 Å². The average molecular weight is 411 g/mol. The first kappa shape index (κ1) is 19.1. The van der Waals surface area contributed by atoms with Gasteiger partial charge in [0.1, 0.15) is 17.3 Å². The van der Waals surface area contributed by atoms with E-state index in [2.05, 4.69) is 25.2 Å². The van der Waals surface area contributed by atoms with Gasteiger partial charge in [-0.1, -0.05) is 0 Å². The minimum absolute atomic E-state index is 0.0379. The van der Waals surface area contributed by atoms with Crippen LogP contribution in [0.3, 0.4) is 0 Å². The molecule has 5 heterocycles. The summed E-state index contributed by atoms with van der Waals surface area (Å²) in [5.74, 6) is 1.18. The number of aryl methyl sites for hydroxylation is 1. The molecule has 1 unspecified atom stereocenters. The van der Waals surface area contributed by atoms with Gasteiger partial charge in [0.25, 0.3) is 5.56 Å². The molecule has 1 N–H and O–H groups in total. The maximum atomic E-state index is 12.6. The van der Waals surface area contributed by atoms with Crippen LogP contribution in [0.5, 0.6) is 5.88 Å². The van der Waals surface area contributed by atoms with Crippen LogP contribution in [0.2, 0.25) is 0 Å². The highest BCUT2D eigenvalue weighted by atomic mass is 16.5. The maximum absolute atomic E-state index is 12.6. The summed E-state index contributed by atoms with van der Waals surface area (Å²) in [6.45, 7) is 6.82. The molecule has 2 aliphatic rings. The van der Waals surface area contributed by atoms with Gasteiger partial charge in [-0.25, -0.2) is 9.67 Å². The lowest BCUT2D eigenvalue weighted by Gasteiger charge is -2.41. The second-order valence-electron chi connectivity index (χ2n) is 8.00. The van der Waals surface area contributed by atoms with E-state index >= 15 is 0 Å². The predicted molar refractivity (Wildman–Crippen MR) is 108 cm³/mol. The van der Waals surface area contributed by atoms with Gasteiger partial charge in [0.05, 0.1) is 24.0 Å². The monoisotopic (exact) mass is 411 g/mol. The fourth-order valence-electron chi connectivity index (χ4n) is 4.00. The molecular formula is C20H25N7O3. The minimum Gasteiger partial charge on any atom is -0.471 e. The quantitative estimate of drug-likeness (QED) is 0.671. The zero-order chi connectivity index (χ0) is 20.7. The molecule has 158 valence electrons. The Hall–Kier alpha value is -2.85. The van der Waals surface area contributed by atoms with Crippen LogP contribution in [0.15, 0.2) is 23.1 Å². The van der Waals surface area contributed by atoms with E-state index in [0.29, 0.717) is 36.0 Å². The van der Waals surface area contributed by atoms with Gasteiger partial charge in [0, 0.05) is 32.4 Å². The van der Waals surface area contributed by atoms with E-state index in [1.54, 1.807) is 6.20 Å². The molecule has 3 aromatic rings. The molecule has 30 heavy (non-hydrogen) atoms. The van der Waals surface area contributed by atoms with Crippen molar-refractivity contribution in [1.29, 1.82) is 0 Å². The summed E-state index contributed by atoms with van der Waals surface area (Å²) in [5.41, 5.74) is 1.36. The number of H-pyrrole nitrogens is 1. The predicted octanol–water partition coefficient (Wildman–Crippen LogP) is 1.39. The van der Waals surface area contributed by atoms with Crippen LogP contribution < -0.4 is 10.3 Å². The van der Waals surface area contributed by atoms with E-state index in [1.165, 1.54) is 0 Å². The first-order valence-electron chi connectivity index (χ1n) is 10.3. The van der Waals surface area contributed by atoms with E-state index in [0.717, 1.165) is 31.6 Å². The van der Waals surface area contributed by atoms with Crippen molar-refractivity contribution < 1.29 is 9.47 Å². The first-order valence-corrected chi connectivity index (χ1v) is 10.3. The van der Waals surface area contributed by atoms with Gasteiger partial charge in [0.2, 0.25) is 5.88 Å². The van der Waals surface area contributed by atoms with Crippen molar-refractivity contribution in [3.8, 4) is 5.88 Å². The molecule has 0 aromatic carbocycles. The summed E-state index contributed by atoms with van der Waals surface area (Å²) < 4.78 is 13.2. The Bertz CT molecular complexity index is 1080. The van der Waals surface area contributed by atoms with E-state index in [-0.39, 0.29) is 23.7 Å². The molecular weight excluding hydrogens is 386 g/mol. The van der Waals surface area contributed by atoms with Crippen molar-refractivity contribution in [2.45, 2.75) is 44.9 Å². The standard InChI is InChI=1S/C20H25N7O3/c1-12-3-4-17(25-24-12)30-15-10-26(11-15)13(2)18-22-19-16(20(28)23-18)9-21-27(19)14-5-7-29-8-6-14/h3-4,9,13-15H,5-8,10-11H2,1-2H3,(H,22,23,28). The number of fused-ring (bicyclic) bond motifs is 1. The number of hydrogen-bond acceptors (Lipinski definition) is 8. The highest BCUT2D eigenvalue weighted by Crippen LogP contribution is 2.27. The van der Waals surface area contributed by atoms with Gasteiger partial charge < -0.3 is 14.5 Å². The van der Waals surface area contributed by atoms with Gasteiger partial charge in [-0.2, -0.15) is 10.2 Å². The molecule has 2 fully saturated rings. The third kappa shape index (κ3) is 3.56. The number of aromatic nitrogens is 6. The Morgan fingerprint density at radius 2 is 2.03 bits per heavy atom. The normalized spacial score (nSPS) is 19.7. The fourth-order valence-corrected chi connectivity index (χ4v) is 4.00. The summed E-state index contributed by atoms with van der Waals surface area (Å²) in [5, 5.41) is 13.1. The minimum atomic E-state index is -0.150. The van der Waals surface area contributed by atoms with Crippen LogP contribution in [0.4, 0.5) is 0 Å². The molecule has 1 atom stereocenters. The maximum Gasteiger partial charge on any atom is 0.262 e. The SMILES string of the molecule is Cc1ccc(OC2CN(C(C)c3nc4c(cnn4C4CCOCC4)c(=O)[nH]3)C2)nn1. The van der Waals surface area contributed by atoms with Crippen molar-refractivity contribution in [2.75, 3.05) is 26.3 Å². The van der Waals surface area contributed by atoms with E-state index in [4.69, 9.17) is 14.5 Å². The number of hydrogen-bond donors (Lipinski definition) is 1. The van der Waals surface area contributed by atoms with Crippen molar-refractivity contribution in [1.82, 2.24) is 34.8 Å². The molecule has 0 aliphatic carbocycles. The molecule has 2 saturated heterocycles. The lowest BCUT2D eigenvalue weighted by atomic mass is 10.1. The van der Waals surface area contributed by atoms with Crippen molar-refractivity contribution in [2.24, 2.45) is 0 Å². The molecule has 10 nitrogen and oxygen atoms in total. The molecule has 0 saturated carbocycles. The summed E-state index contributed by atoms with van der Waals surface area (Å²) >= 11 is 0. The Balaban J connectivity index is 1.31. The number of likely N-dealkylation sites (tertiary alicyclic amines) is 1. The van der Waals surface area contributed by atoms with E-state index in [9.17, 15) is 4.79 Å². The average Bonchev–Trinajstić information content (AvgIpc) is 3.16. The molecule has 5 rings (SSSR count). The number of rotatable bonds is 5. The van der Waals surface area contributed by atoms with Crippen LogP contribution in [-0.4, -0.2) is 67.3 Å². The number of ether oxygens (including phenoxy) is 2. The fraction of sp³-hybridized carbons (Fsp3) is 0.550. The molecule has 10 heteroatoms. The summed E-state index contributed by atoms with van der Waals surface area (Å²) in [6, 6.07) is 3.89. The van der Waals surface area contributed by atoms with Crippen molar-refractivity contribution in [3.05, 3.63) is 40.2 Å². The third-order valence-corrected chi connectivity index (χ3v) is 5.90. The highest BCUT2D eigenvalue weighted by molar-refractivity contribution is 5.73. The molecule has 0 radical (unpaired) electrons. The third-order valence-electron chi connectivity index (χ3n) is 5.90. The molecule has 3 aromatic heterocycles. The van der Waals surface area contributed by atoms with Crippen LogP contribution in [-0.2, 0) is 4.74 Å². The Morgan fingerprint density at radius 3 is 2.77 bits per heavy atom. The second-order valence-corrected chi connectivity index (χ2v) is 8.00. The first-order chi connectivity index (χ1) is 14.6. The number of nitrogens with one attached hydrogen (secondary N) is 1. The molecule has 0 spiro atoms. The zero-order valence-corrected chi connectivity index (χ0v) is 17.1. The lowest BCUT2D eigenvalue weighted by molar-refractivity contribution is -0.0101. The second kappa shape index (κ2) is 7.77. The largest absolute Gasteiger partial charge is 0.471 e. The highest BCUT2D eigenvalue weighted by Gasteiger charge is 2.34. The van der Waals surface area contributed by atoms with Gasteiger partial charge in [-0.3, -0.25) is 9.69 Å². The number of aromatic amines is 1. The molecule has 0 bridgehead atoms. The summed E-state index contributed by atoms with van der Waals surface area (Å²) in [4.78, 5) is 22.6. The summed E-state index contributed by atoms with van der Waals surface area (Å²) in [7, 11) is 0. The van der Waals surface area contributed by atoms with Gasteiger partial charge in [-0.15, -0.1) is 5.10 Å². The van der Waals surface area contributed by atoms with Gasteiger partial charge in [0.15, 0.2) is 5.65 Å². The molecule has 0 amide bonds. The summed E-state index contributed by atoms with van der Waals surface area (Å²) in [6.07, 6.45) is 3.42. The van der Waals surface area contributed by atoms with Crippen molar-refractivity contribution >= 4 is 11.0 Å². The van der Waals surface area contributed by atoms with Gasteiger partial charge in [-0.05, 0) is 32.8 Å². The molecule has 2 aliphatic heterocycles. The smallest absolute Gasteiger partial charge is 0.262 e. The van der Waals surface area contributed by atoms with Gasteiger partial charge >= 0.3 is 0 Å². The Labute approximate surface area is 173 Å². The Kier molecular flexibility index (Phi) is 4.95. The van der Waals surface area contributed by atoms with Crippen LogP contribution in [0.1, 0.15) is 43.4 Å². The zero-order valence-electron chi connectivity index (χ0n) is 17.1. The topological polar surface area (TPSA) is 111 Å². The van der Waals surface area contributed by atoms with Crippen molar-refractivity contribution in [3.63, 3.8) is 0 Å². The lowest BCUT2D eigenvalue weighted by Crippen LogP contribution is -2.54. The van der Waals surface area contributed by atoms with Crippen LogP contribution in [0, 0.1) is 6.92 Å². The Morgan fingerprint density at radius 1 is 1.23 bits per heavy atom. The number of nitrogens with zero attached hydrogens (tertiary/aromatic N) is 6. The van der Waals surface area contributed by atoms with E-state index < -0.39 is 0 Å².